The number of esters is 1. The van der Waals surface area contributed by atoms with Gasteiger partial charge in [-0.05, 0) is 49.9 Å². The third kappa shape index (κ3) is 7.17. The van der Waals surface area contributed by atoms with E-state index in [-0.39, 0.29) is 30.9 Å². The van der Waals surface area contributed by atoms with Gasteiger partial charge < -0.3 is 19.5 Å². The molecule has 0 radical (unpaired) electrons. The van der Waals surface area contributed by atoms with Gasteiger partial charge in [-0.2, -0.15) is 0 Å². The summed E-state index contributed by atoms with van der Waals surface area (Å²) in [5.41, 5.74) is 2.68. The number of aryl methyl sites for hydroxylation is 1. The molecule has 1 aromatic rings. The van der Waals surface area contributed by atoms with Gasteiger partial charge in [-0.3, -0.25) is 14.5 Å². The quantitative estimate of drug-likeness (QED) is 0.388. The molecule has 0 spiro atoms. The van der Waals surface area contributed by atoms with Crippen LogP contribution in [0, 0.1) is 20.8 Å². The average molecular weight is 429 g/mol. The molecule has 2 rings (SSSR count). The van der Waals surface area contributed by atoms with Gasteiger partial charge >= 0.3 is 5.97 Å². The highest BCUT2D eigenvalue weighted by Gasteiger charge is 2.20. The fourth-order valence-electron chi connectivity index (χ4n) is 3.40. The van der Waals surface area contributed by atoms with Gasteiger partial charge in [0.05, 0.1) is 13.2 Å². The molecule has 1 N–H and O–H groups in total. The molecular formula is C21H33ClN2O5. The SMILES string of the molecule is CC(=O)Oc1c(C)cc(OCCCC(=O)N2CCN(CCO)CC2)c(C)c1C.Cl. The van der Waals surface area contributed by atoms with Crippen LogP contribution in [0.4, 0.5) is 0 Å². The summed E-state index contributed by atoms with van der Waals surface area (Å²) in [6.45, 7) is 11.5. The number of benzene rings is 1. The Hall–Kier alpha value is -1.83. The van der Waals surface area contributed by atoms with E-state index in [1.54, 1.807) is 0 Å². The Labute approximate surface area is 179 Å². The predicted octanol–water partition coefficient (Wildman–Crippen LogP) is 2.25. The fraction of sp³-hybridized carbons (Fsp3) is 0.619. The van der Waals surface area contributed by atoms with Crippen LogP contribution in [-0.2, 0) is 9.59 Å². The monoisotopic (exact) mass is 428 g/mol. The Balaban J connectivity index is 0.00000420. The largest absolute Gasteiger partial charge is 0.493 e. The van der Waals surface area contributed by atoms with E-state index >= 15 is 0 Å². The normalized spacial score (nSPS) is 14.3. The van der Waals surface area contributed by atoms with Crippen LogP contribution in [0.15, 0.2) is 6.07 Å². The zero-order valence-electron chi connectivity index (χ0n) is 17.8. The summed E-state index contributed by atoms with van der Waals surface area (Å²) in [6, 6.07) is 1.88. The van der Waals surface area contributed by atoms with Crippen molar-refractivity contribution in [2.45, 2.75) is 40.5 Å². The Kier molecular flexibility index (Phi) is 10.4. The Morgan fingerprint density at radius 1 is 1.10 bits per heavy atom. The number of ether oxygens (including phenoxy) is 2. The number of amides is 1. The molecule has 1 aliphatic heterocycles. The molecule has 29 heavy (non-hydrogen) atoms. The first-order valence-corrected chi connectivity index (χ1v) is 9.86. The van der Waals surface area contributed by atoms with Gasteiger partial charge in [0.15, 0.2) is 0 Å². The number of aliphatic hydroxyl groups excluding tert-OH is 1. The second-order valence-corrected chi connectivity index (χ2v) is 7.26. The molecule has 7 nitrogen and oxygen atoms in total. The average Bonchev–Trinajstić information content (AvgIpc) is 2.66. The Morgan fingerprint density at radius 3 is 2.34 bits per heavy atom. The summed E-state index contributed by atoms with van der Waals surface area (Å²) < 4.78 is 11.2. The van der Waals surface area contributed by atoms with Crippen LogP contribution >= 0.6 is 12.4 Å². The molecule has 0 aliphatic carbocycles. The minimum Gasteiger partial charge on any atom is -0.493 e. The number of β-amino-alcohol motifs (C(OH)–C–C–N with tert-alkyl or cyclic N) is 1. The molecule has 1 saturated heterocycles. The fourth-order valence-corrected chi connectivity index (χ4v) is 3.40. The minimum absolute atomic E-state index is 0. The first-order chi connectivity index (χ1) is 13.3. The van der Waals surface area contributed by atoms with Crippen LogP contribution in [0.2, 0.25) is 0 Å². The van der Waals surface area contributed by atoms with E-state index in [9.17, 15) is 9.59 Å². The maximum absolute atomic E-state index is 12.4. The van der Waals surface area contributed by atoms with E-state index < -0.39 is 0 Å². The molecule has 1 fully saturated rings. The predicted molar refractivity (Wildman–Crippen MR) is 114 cm³/mol. The molecule has 0 aromatic heterocycles. The summed E-state index contributed by atoms with van der Waals surface area (Å²) in [5.74, 6) is 1.17. The molecule has 1 aromatic carbocycles. The molecular weight excluding hydrogens is 396 g/mol. The molecule has 0 atom stereocenters. The van der Waals surface area contributed by atoms with Crippen molar-refractivity contribution in [3.8, 4) is 11.5 Å². The molecule has 1 amide bonds. The van der Waals surface area contributed by atoms with Gasteiger partial charge in [-0.1, -0.05) is 0 Å². The topological polar surface area (TPSA) is 79.3 Å². The van der Waals surface area contributed by atoms with E-state index in [1.165, 1.54) is 6.92 Å². The number of nitrogens with zero attached hydrogens (tertiary/aromatic N) is 2. The van der Waals surface area contributed by atoms with E-state index in [4.69, 9.17) is 14.6 Å². The van der Waals surface area contributed by atoms with Crippen LogP contribution in [0.5, 0.6) is 11.5 Å². The number of piperazine rings is 1. The number of carbonyl (C=O) groups is 2. The van der Waals surface area contributed by atoms with Crippen LogP contribution in [0.3, 0.4) is 0 Å². The lowest BCUT2D eigenvalue weighted by atomic mass is 10.0. The number of hydrogen-bond donors (Lipinski definition) is 1. The van der Waals surface area contributed by atoms with Crippen LogP contribution in [0.1, 0.15) is 36.5 Å². The summed E-state index contributed by atoms with van der Waals surface area (Å²) >= 11 is 0. The number of halogens is 1. The van der Waals surface area contributed by atoms with Gasteiger partial charge in [-0.25, -0.2) is 0 Å². The summed E-state index contributed by atoms with van der Waals surface area (Å²) in [7, 11) is 0. The second-order valence-electron chi connectivity index (χ2n) is 7.26. The van der Waals surface area contributed by atoms with Crippen LogP contribution in [0.25, 0.3) is 0 Å². The Bertz CT molecular complexity index is 703. The Morgan fingerprint density at radius 2 is 1.76 bits per heavy atom. The molecule has 1 heterocycles. The number of rotatable bonds is 8. The van der Waals surface area contributed by atoms with Crippen molar-refractivity contribution in [3.05, 3.63) is 22.8 Å². The summed E-state index contributed by atoms with van der Waals surface area (Å²) in [6.07, 6.45) is 1.11. The van der Waals surface area contributed by atoms with Gasteiger partial charge in [0.2, 0.25) is 5.91 Å². The van der Waals surface area contributed by atoms with Crippen LogP contribution in [-0.4, -0.2) is 72.7 Å². The molecule has 0 saturated carbocycles. The standard InChI is InChI=1S/C21H32N2O5.ClH/c1-15-14-19(16(2)17(3)21(15)28-18(4)25)27-13-5-6-20(26)23-9-7-22(8-10-23)11-12-24;/h14,24H,5-13H2,1-4H3;1H. The smallest absolute Gasteiger partial charge is 0.308 e. The molecule has 164 valence electrons. The zero-order chi connectivity index (χ0) is 20.7. The molecule has 0 unspecified atom stereocenters. The van der Waals surface area contributed by atoms with Crippen LogP contribution < -0.4 is 9.47 Å². The highest BCUT2D eigenvalue weighted by atomic mass is 35.5. The third-order valence-electron chi connectivity index (χ3n) is 5.16. The van der Waals surface area contributed by atoms with E-state index in [0.717, 1.165) is 48.6 Å². The van der Waals surface area contributed by atoms with Gasteiger partial charge in [-0.15, -0.1) is 12.4 Å². The maximum atomic E-state index is 12.4. The van der Waals surface area contributed by atoms with Crippen molar-refractivity contribution >= 4 is 24.3 Å². The van der Waals surface area contributed by atoms with Gasteiger partial charge in [0.1, 0.15) is 11.5 Å². The third-order valence-corrected chi connectivity index (χ3v) is 5.16. The van der Waals surface area contributed by atoms with Crippen molar-refractivity contribution < 1.29 is 24.2 Å². The number of aliphatic hydroxyl groups is 1. The van der Waals surface area contributed by atoms with Crippen molar-refractivity contribution in [1.82, 2.24) is 9.80 Å². The second kappa shape index (κ2) is 12.0. The lowest BCUT2D eigenvalue weighted by molar-refractivity contribution is -0.133. The van der Waals surface area contributed by atoms with E-state index in [1.807, 2.05) is 31.7 Å². The van der Waals surface area contributed by atoms with Crippen molar-refractivity contribution in [2.24, 2.45) is 0 Å². The summed E-state index contributed by atoms with van der Waals surface area (Å²) in [4.78, 5) is 27.7. The lowest BCUT2D eigenvalue weighted by Crippen LogP contribution is -2.49. The first-order valence-electron chi connectivity index (χ1n) is 9.86. The highest BCUT2D eigenvalue weighted by molar-refractivity contribution is 5.85. The van der Waals surface area contributed by atoms with Gasteiger partial charge in [0, 0.05) is 46.1 Å². The maximum Gasteiger partial charge on any atom is 0.308 e. The lowest BCUT2D eigenvalue weighted by Gasteiger charge is -2.34. The van der Waals surface area contributed by atoms with Crippen molar-refractivity contribution in [3.63, 3.8) is 0 Å². The number of carbonyl (C=O) groups excluding carboxylic acids is 2. The molecule has 8 heteroatoms. The van der Waals surface area contributed by atoms with Crippen molar-refractivity contribution in [1.29, 1.82) is 0 Å². The van der Waals surface area contributed by atoms with E-state index in [2.05, 4.69) is 4.90 Å². The minimum atomic E-state index is -0.338. The first kappa shape index (κ1) is 25.2. The van der Waals surface area contributed by atoms with Gasteiger partial charge in [0.25, 0.3) is 0 Å². The highest BCUT2D eigenvalue weighted by Crippen LogP contribution is 2.33. The van der Waals surface area contributed by atoms with Crippen molar-refractivity contribution in [2.75, 3.05) is 45.9 Å². The summed E-state index contributed by atoms with van der Waals surface area (Å²) in [5, 5.41) is 8.98. The zero-order valence-corrected chi connectivity index (χ0v) is 18.6. The molecule has 1 aliphatic rings. The van der Waals surface area contributed by atoms with E-state index in [0.29, 0.717) is 31.7 Å². The number of hydrogen-bond acceptors (Lipinski definition) is 6. The molecule has 0 bridgehead atoms.